The second-order valence-corrected chi connectivity index (χ2v) is 8.78. The van der Waals surface area contributed by atoms with Crippen molar-refractivity contribution in [3.05, 3.63) is 0 Å². The van der Waals surface area contributed by atoms with E-state index >= 15 is 0 Å². The Kier molecular flexibility index (Phi) is 6.93. The van der Waals surface area contributed by atoms with Crippen LogP contribution in [0.5, 0.6) is 0 Å². The molecule has 126 valence electrons. The molecule has 2 aliphatic rings. The van der Waals surface area contributed by atoms with E-state index in [1.54, 1.807) is 8.61 Å². The van der Waals surface area contributed by atoms with Crippen LogP contribution in [0.25, 0.3) is 0 Å². The van der Waals surface area contributed by atoms with Crippen LogP contribution in [0.2, 0.25) is 0 Å². The molecule has 21 heavy (non-hydrogen) atoms. The first-order valence-corrected chi connectivity index (χ1v) is 9.21. The highest BCUT2D eigenvalue weighted by Crippen LogP contribution is 2.29. The lowest BCUT2D eigenvalue weighted by Crippen LogP contribution is -2.56. The van der Waals surface area contributed by atoms with Crippen LogP contribution in [0.3, 0.4) is 0 Å². The fourth-order valence-corrected chi connectivity index (χ4v) is 5.76. The van der Waals surface area contributed by atoms with E-state index in [1.165, 1.54) is 0 Å². The highest BCUT2D eigenvalue weighted by atomic mass is 35.5. The Morgan fingerprint density at radius 2 is 1.62 bits per heavy atom. The molecule has 5 nitrogen and oxygen atoms in total. The van der Waals surface area contributed by atoms with E-state index in [0.29, 0.717) is 43.9 Å². The van der Waals surface area contributed by atoms with Crippen molar-refractivity contribution in [3.63, 3.8) is 0 Å². The summed E-state index contributed by atoms with van der Waals surface area (Å²) in [5.74, 6) is 1.44. The van der Waals surface area contributed by atoms with Crippen molar-refractivity contribution in [1.29, 1.82) is 0 Å². The molecule has 4 unspecified atom stereocenters. The third kappa shape index (κ3) is 4.32. The second-order valence-electron chi connectivity index (χ2n) is 6.90. The predicted octanol–water partition coefficient (Wildman–Crippen LogP) is 1.69. The summed E-state index contributed by atoms with van der Waals surface area (Å²) in [6, 6.07) is -0.0312. The van der Waals surface area contributed by atoms with Crippen molar-refractivity contribution in [1.82, 2.24) is 8.61 Å². The van der Waals surface area contributed by atoms with Crippen LogP contribution in [0, 0.1) is 17.8 Å². The predicted molar refractivity (Wildman–Crippen MR) is 88.6 cm³/mol. The van der Waals surface area contributed by atoms with Crippen molar-refractivity contribution < 1.29 is 8.42 Å². The van der Waals surface area contributed by atoms with Crippen molar-refractivity contribution in [2.24, 2.45) is 23.5 Å². The first-order valence-electron chi connectivity index (χ1n) is 7.81. The van der Waals surface area contributed by atoms with E-state index in [-0.39, 0.29) is 18.4 Å². The molecule has 0 aromatic heterocycles. The van der Waals surface area contributed by atoms with Crippen molar-refractivity contribution >= 4 is 22.6 Å². The minimum atomic E-state index is -3.35. The van der Waals surface area contributed by atoms with Crippen LogP contribution in [-0.4, -0.2) is 49.2 Å². The van der Waals surface area contributed by atoms with Gasteiger partial charge >= 0.3 is 0 Å². The number of hydrogen-bond acceptors (Lipinski definition) is 3. The Morgan fingerprint density at radius 3 is 2.14 bits per heavy atom. The lowest BCUT2D eigenvalue weighted by molar-refractivity contribution is 0.171. The van der Waals surface area contributed by atoms with Gasteiger partial charge in [-0.05, 0) is 37.0 Å². The molecule has 2 fully saturated rings. The van der Waals surface area contributed by atoms with Crippen molar-refractivity contribution in [3.8, 4) is 0 Å². The maximum atomic E-state index is 12.9. The SMILES string of the molecule is CC1CCN(S(=O)(=O)N2CC(C)CC(C)C2)C(CN)C1.Cl. The van der Waals surface area contributed by atoms with Gasteiger partial charge in [0.25, 0.3) is 10.2 Å². The maximum absolute atomic E-state index is 12.9. The molecule has 0 bridgehead atoms. The highest BCUT2D eigenvalue weighted by molar-refractivity contribution is 7.86. The largest absolute Gasteiger partial charge is 0.329 e. The normalized spacial score (nSPS) is 36.2. The van der Waals surface area contributed by atoms with Gasteiger partial charge in [-0.15, -0.1) is 12.4 Å². The van der Waals surface area contributed by atoms with Crippen molar-refractivity contribution in [2.75, 3.05) is 26.2 Å². The number of nitrogens with two attached hydrogens (primary N) is 1. The Bertz CT molecular complexity index is 422. The third-order valence-electron chi connectivity index (χ3n) is 4.65. The lowest BCUT2D eigenvalue weighted by Gasteiger charge is -2.42. The van der Waals surface area contributed by atoms with Gasteiger partial charge in [-0.3, -0.25) is 0 Å². The molecule has 0 aromatic rings. The summed E-state index contributed by atoms with van der Waals surface area (Å²) in [6.07, 6.45) is 2.94. The lowest BCUT2D eigenvalue weighted by atomic mass is 9.94. The Morgan fingerprint density at radius 1 is 1.05 bits per heavy atom. The van der Waals surface area contributed by atoms with Crippen LogP contribution in [0.4, 0.5) is 0 Å². The average molecular weight is 340 g/mol. The fraction of sp³-hybridized carbons (Fsp3) is 1.00. The second kappa shape index (κ2) is 7.59. The van der Waals surface area contributed by atoms with Crippen LogP contribution in [-0.2, 0) is 10.2 Å². The zero-order valence-electron chi connectivity index (χ0n) is 13.4. The summed E-state index contributed by atoms with van der Waals surface area (Å²) >= 11 is 0. The molecule has 2 N–H and O–H groups in total. The zero-order chi connectivity index (χ0) is 14.9. The molecule has 0 saturated carbocycles. The summed E-state index contributed by atoms with van der Waals surface area (Å²) in [7, 11) is -3.35. The topological polar surface area (TPSA) is 66.6 Å². The van der Waals surface area contributed by atoms with E-state index in [0.717, 1.165) is 19.3 Å². The van der Waals surface area contributed by atoms with Gasteiger partial charge in [0.05, 0.1) is 0 Å². The monoisotopic (exact) mass is 339 g/mol. The highest BCUT2D eigenvalue weighted by Gasteiger charge is 2.39. The van der Waals surface area contributed by atoms with Gasteiger partial charge in [0.1, 0.15) is 0 Å². The van der Waals surface area contributed by atoms with Crippen LogP contribution in [0.15, 0.2) is 0 Å². The van der Waals surface area contributed by atoms with Gasteiger partial charge < -0.3 is 5.73 Å². The Labute approximate surface area is 135 Å². The van der Waals surface area contributed by atoms with Crippen LogP contribution in [0.1, 0.15) is 40.0 Å². The quantitative estimate of drug-likeness (QED) is 0.850. The summed E-state index contributed by atoms with van der Waals surface area (Å²) in [5.41, 5.74) is 5.81. The van der Waals surface area contributed by atoms with Crippen LogP contribution < -0.4 is 5.73 Å². The molecule has 0 aliphatic carbocycles. The summed E-state index contributed by atoms with van der Waals surface area (Å²) in [4.78, 5) is 0. The third-order valence-corrected chi connectivity index (χ3v) is 6.68. The van der Waals surface area contributed by atoms with Gasteiger partial charge in [-0.1, -0.05) is 20.8 Å². The number of rotatable bonds is 3. The van der Waals surface area contributed by atoms with E-state index in [1.807, 2.05) is 0 Å². The van der Waals surface area contributed by atoms with Gasteiger partial charge in [-0.2, -0.15) is 17.0 Å². The van der Waals surface area contributed by atoms with Crippen molar-refractivity contribution in [2.45, 2.75) is 46.1 Å². The zero-order valence-corrected chi connectivity index (χ0v) is 15.0. The molecule has 2 heterocycles. The average Bonchev–Trinajstić information content (AvgIpc) is 2.37. The molecular formula is C14H30ClN3O2S. The molecular weight excluding hydrogens is 310 g/mol. The minimum absolute atomic E-state index is 0. The van der Waals surface area contributed by atoms with Gasteiger partial charge in [-0.25, -0.2) is 0 Å². The molecule has 2 rings (SSSR count). The summed E-state index contributed by atoms with van der Waals surface area (Å²) in [5, 5.41) is 0. The van der Waals surface area contributed by atoms with Gasteiger partial charge in [0, 0.05) is 32.2 Å². The number of nitrogens with zero attached hydrogens (tertiary/aromatic N) is 2. The summed E-state index contributed by atoms with van der Waals surface area (Å²) < 4.78 is 29.2. The summed E-state index contributed by atoms with van der Waals surface area (Å²) in [6.45, 7) is 8.78. The molecule has 4 atom stereocenters. The maximum Gasteiger partial charge on any atom is 0.282 e. The van der Waals surface area contributed by atoms with Crippen LogP contribution >= 0.6 is 12.4 Å². The molecule has 2 aliphatic heterocycles. The number of piperidine rings is 2. The molecule has 0 radical (unpaired) electrons. The number of hydrogen-bond donors (Lipinski definition) is 1. The molecule has 2 saturated heterocycles. The molecule has 0 spiro atoms. The molecule has 0 amide bonds. The van der Waals surface area contributed by atoms with Gasteiger partial charge in [0.15, 0.2) is 0 Å². The van der Waals surface area contributed by atoms with E-state index < -0.39 is 10.2 Å². The smallest absolute Gasteiger partial charge is 0.282 e. The first kappa shape index (κ1) is 19.2. The first-order chi connectivity index (χ1) is 9.34. The standard InChI is InChI=1S/C14H29N3O2S.ClH/c1-11-4-5-17(14(7-11)8-15)20(18,19)16-9-12(2)6-13(3)10-16;/h11-14H,4-10,15H2,1-3H3;1H. The fourth-order valence-electron chi connectivity index (χ4n) is 3.69. The van der Waals surface area contributed by atoms with Gasteiger partial charge in [0.2, 0.25) is 0 Å². The molecule has 7 heteroatoms. The van der Waals surface area contributed by atoms with E-state index in [2.05, 4.69) is 20.8 Å². The molecule has 0 aromatic carbocycles. The Balaban J connectivity index is 0.00000220. The number of halogens is 1. The Hall–Kier alpha value is 0.120. The van der Waals surface area contributed by atoms with E-state index in [4.69, 9.17) is 5.73 Å². The van der Waals surface area contributed by atoms with E-state index in [9.17, 15) is 8.42 Å². The minimum Gasteiger partial charge on any atom is -0.329 e.